The molecule has 88 valence electrons. The highest BCUT2D eigenvalue weighted by atomic mass is 19.1. The zero-order chi connectivity index (χ0) is 11.5. The Morgan fingerprint density at radius 3 is 2.56 bits per heavy atom. The lowest BCUT2D eigenvalue weighted by Crippen LogP contribution is -2.30. The van der Waals surface area contributed by atoms with Crippen LogP contribution in [0.15, 0.2) is 18.2 Å². The number of hydrogen-bond acceptors (Lipinski definition) is 2. The average Bonchev–Trinajstić information content (AvgIpc) is 2.29. The summed E-state index contributed by atoms with van der Waals surface area (Å²) in [6.45, 7) is 3.54. The number of hydrogen-bond donors (Lipinski definition) is 1. The van der Waals surface area contributed by atoms with Crippen LogP contribution in [0.3, 0.4) is 0 Å². The molecule has 1 aromatic carbocycles. The molecule has 1 atom stereocenters. The molecule has 0 bridgehead atoms. The van der Waals surface area contributed by atoms with Crippen molar-refractivity contribution in [3.63, 3.8) is 0 Å². The lowest BCUT2D eigenvalue weighted by molar-refractivity contribution is 0.194. The van der Waals surface area contributed by atoms with E-state index in [0.29, 0.717) is 5.56 Å². The van der Waals surface area contributed by atoms with Gasteiger partial charge in [0.15, 0.2) is 0 Å². The number of benzene rings is 1. The van der Waals surface area contributed by atoms with E-state index in [9.17, 15) is 9.50 Å². The van der Waals surface area contributed by atoms with Crippen LogP contribution in [-0.4, -0.2) is 18.2 Å². The van der Waals surface area contributed by atoms with E-state index in [4.69, 9.17) is 0 Å². The molecule has 0 amide bonds. The predicted octanol–water partition coefficient (Wildman–Crippen LogP) is 2.87. The summed E-state index contributed by atoms with van der Waals surface area (Å²) in [5.74, 6) is -0.307. The van der Waals surface area contributed by atoms with Crippen LogP contribution < -0.4 is 4.90 Å². The number of aliphatic hydroxyl groups excluding tert-OH is 1. The molecule has 1 saturated heterocycles. The van der Waals surface area contributed by atoms with E-state index in [-0.39, 0.29) is 5.82 Å². The van der Waals surface area contributed by atoms with Gasteiger partial charge in [0.1, 0.15) is 5.82 Å². The van der Waals surface area contributed by atoms with Gasteiger partial charge in [0, 0.05) is 24.3 Å². The van der Waals surface area contributed by atoms with Crippen molar-refractivity contribution in [3.8, 4) is 0 Å². The molecule has 2 rings (SSSR count). The third kappa shape index (κ3) is 2.19. The Bertz CT molecular complexity index is 359. The van der Waals surface area contributed by atoms with Gasteiger partial charge >= 0.3 is 0 Å². The van der Waals surface area contributed by atoms with Crippen molar-refractivity contribution in [2.24, 2.45) is 0 Å². The zero-order valence-corrected chi connectivity index (χ0v) is 9.62. The molecule has 1 aliphatic heterocycles. The summed E-state index contributed by atoms with van der Waals surface area (Å²) in [6, 6.07) is 5.02. The second-order valence-electron chi connectivity index (χ2n) is 4.40. The smallest absolute Gasteiger partial charge is 0.131 e. The zero-order valence-electron chi connectivity index (χ0n) is 9.62. The molecule has 1 unspecified atom stereocenters. The lowest BCUT2D eigenvalue weighted by Gasteiger charge is -2.31. The monoisotopic (exact) mass is 223 g/mol. The standard InChI is InChI=1S/C13H18FNO/c1-10(16)13-11(14)6-5-7-12(13)15-8-3-2-4-9-15/h5-7,10,16H,2-4,8-9H2,1H3. The van der Waals surface area contributed by atoms with Crippen LogP contribution in [-0.2, 0) is 0 Å². The summed E-state index contributed by atoms with van der Waals surface area (Å²) in [6.07, 6.45) is 2.79. The highest BCUT2D eigenvalue weighted by Crippen LogP contribution is 2.30. The Labute approximate surface area is 95.7 Å². The van der Waals surface area contributed by atoms with E-state index < -0.39 is 6.10 Å². The van der Waals surface area contributed by atoms with Crippen molar-refractivity contribution in [2.75, 3.05) is 18.0 Å². The van der Waals surface area contributed by atoms with E-state index in [0.717, 1.165) is 31.6 Å². The summed E-state index contributed by atoms with van der Waals surface area (Å²) < 4.78 is 13.7. The highest BCUT2D eigenvalue weighted by molar-refractivity contribution is 5.55. The van der Waals surface area contributed by atoms with E-state index in [2.05, 4.69) is 4.90 Å². The molecule has 0 aromatic heterocycles. The van der Waals surface area contributed by atoms with Crippen LogP contribution in [0.4, 0.5) is 10.1 Å². The maximum absolute atomic E-state index is 13.7. The van der Waals surface area contributed by atoms with Gasteiger partial charge in [0.2, 0.25) is 0 Å². The first-order valence-electron chi connectivity index (χ1n) is 5.91. The highest BCUT2D eigenvalue weighted by Gasteiger charge is 2.19. The van der Waals surface area contributed by atoms with Gasteiger partial charge in [-0.3, -0.25) is 0 Å². The predicted molar refractivity (Wildman–Crippen MR) is 63.1 cm³/mol. The van der Waals surface area contributed by atoms with Gasteiger partial charge in [-0.15, -0.1) is 0 Å². The quantitative estimate of drug-likeness (QED) is 0.833. The SMILES string of the molecule is CC(O)c1c(F)cccc1N1CCCCC1. The molecule has 0 spiro atoms. The Kier molecular flexibility index (Phi) is 3.44. The molecular formula is C13H18FNO. The topological polar surface area (TPSA) is 23.5 Å². The molecular weight excluding hydrogens is 205 g/mol. The molecule has 1 N–H and O–H groups in total. The Morgan fingerprint density at radius 1 is 1.25 bits per heavy atom. The summed E-state index contributed by atoms with van der Waals surface area (Å²) in [7, 11) is 0. The molecule has 2 nitrogen and oxygen atoms in total. The third-order valence-electron chi connectivity index (χ3n) is 3.14. The fourth-order valence-corrected chi connectivity index (χ4v) is 2.35. The van der Waals surface area contributed by atoms with Gasteiger partial charge in [0.05, 0.1) is 6.10 Å². The summed E-state index contributed by atoms with van der Waals surface area (Å²) >= 11 is 0. The van der Waals surface area contributed by atoms with Crippen LogP contribution in [0, 0.1) is 5.82 Å². The van der Waals surface area contributed by atoms with Gasteiger partial charge in [-0.25, -0.2) is 4.39 Å². The minimum Gasteiger partial charge on any atom is -0.389 e. The van der Waals surface area contributed by atoms with E-state index in [1.54, 1.807) is 13.0 Å². The number of halogens is 1. The summed E-state index contributed by atoms with van der Waals surface area (Å²) in [5, 5.41) is 9.65. The molecule has 1 aromatic rings. The van der Waals surface area contributed by atoms with Gasteiger partial charge in [-0.05, 0) is 38.3 Å². The minimum absolute atomic E-state index is 0.307. The van der Waals surface area contributed by atoms with Crippen molar-refractivity contribution in [1.82, 2.24) is 0 Å². The van der Waals surface area contributed by atoms with E-state index in [1.165, 1.54) is 12.5 Å². The van der Waals surface area contributed by atoms with Crippen LogP contribution in [0.1, 0.15) is 37.9 Å². The van der Waals surface area contributed by atoms with Crippen LogP contribution in [0.2, 0.25) is 0 Å². The molecule has 0 aliphatic carbocycles. The fraction of sp³-hybridized carbons (Fsp3) is 0.538. The van der Waals surface area contributed by atoms with E-state index in [1.807, 2.05) is 6.07 Å². The average molecular weight is 223 g/mol. The molecule has 1 aliphatic rings. The van der Waals surface area contributed by atoms with Crippen LogP contribution in [0.5, 0.6) is 0 Å². The first-order valence-corrected chi connectivity index (χ1v) is 5.91. The number of piperidine rings is 1. The van der Waals surface area contributed by atoms with Gasteiger partial charge in [-0.1, -0.05) is 6.07 Å². The second-order valence-corrected chi connectivity index (χ2v) is 4.40. The van der Waals surface area contributed by atoms with Crippen LogP contribution >= 0.6 is 0 Å². The molecule has 16 heavy (non-hydrogen) atoms. The Balaban J connectivity index is 2.34. The van der Waals surface area contributed by atoms with Crippen molar-refractivity contribution >= 4 is 5.69 Å². The number of nitrogens with zero attached hydrogens (tertiary/aromatic N) is 1. The van der Waals surface area contributed by atoms with Crippen molar-refractivity contribution < 1.29 is 9.50 Å². The van der Waals surface area contributed by atoms with E-state index >= 15 is 0 Å². The fourth-order valence-electron chi connectivity index (χ4n) is 2.35. The maximum atomic E-state index is 13.7. The van der Waals surface area contributed by atoms with Gasteiger partial charge in [0.25, 0.3) is 0 Å². The molecule has 3 heteroatoms. The molecule has 1 fully saturated rings. The van der Waals surface area contributed by atoms with Crippen molar-refractivity contribution in [3.05, 3.63) is 29.6 Å². The Morgan fingerprint density at radius 2 is 1.94 bits per heavy atom. The molecule has 1 heterocycles. The first kappa shape index (κ1) is 11.4. The Hall–Kier alpha value is -1.09. The number of anilines is 1. The van der Waals surface area contributed by atoms with Crippen molar-refractivity contribution in [1.29, 1.82) is 0 Å². The molecule has 0 radical (unpaired) electrons. The van der Waals surface area contributed by atoms with Gasteiger partial charge < -0.3 is 10.0 Å². The minimum atomic E-state index is -0.752. The largest absolute Gasteiger partial charge is 0.389 e. The maximum Gasteiger partial charge on any atom is 0.131 e. The summed E-state index contributed by atoms with van der Waals surface area (Å²) in [4.78, 5) is 2.18. The number of rotatable bonds is 2. The van der Waals surface area contributed by atoms with Crippen molar-refractivity contribution in [2.45, 2.75) is 32.3 Å². The molecule has 0 saturated carbocycles. The lowest BCUT2D eigenvalue weighted by atomic mass is 10.0. The third-order valence-corrected chi connectivity index (χ3v) is 3.14. The second kappa shape index (κ2) is 4.83. The summed E-state index contributed by atoms with van der Waals surface area (Å²) in [5.41, 5.74) is 1.29. The first-order chi connectivity index (χ1) is 7.70. The van der Waals surface area contributed by atoms with Gasteiger partial charge in [-0.2, -0.15) is 0 Å². The van der Waals surface area contributed by atoms with Crippen LogP contribution in [0.25, 0.3) is 0 Å². The normalized spacial score (nSPS) is 18.6. The number of aliphatic hydroxyl groups is 1.